The van der Waals surface area contributed by atoms with Crippen LogP contribution in [-0.2, 0) is 6.54 Å². The fourth-order valence-electron chi connectivity index (χ4n) is 3.05. The zero-order chi connectivity index (χ0) is 16.7. The van der Waals surface area contributed by atoms with Gasteiger partial charge in [0.05, 0.1) is 0 Å². The van der Waals surface area contributed by atoms with Gasteiger partial charge < -0.3 is 15.1 Å². The highest BCUT2D eigenvalue weighted by molar-refractivity contribution is 6.30. The molecule has 128 valence electrons. The molecule has 1 N–H and O–H groups in total. The summed E-state index contributed by atoms with van der Waals surface area (Å²) in [6.45, 7) is 7.10. The Labute approximate surface area is 145 Å². The molecule has 1 aromatic rings. The van der Waals surface area contributed by atoms with E-state index >= 15 is 0 Å². The van der Waals surface area contributed by atoms with Gasteiger partial charge in [0.25, 0.3) is 0 Å². The van der Waals surface area contributed by atoms with Crippen molar-refractivity contribution in [3.8, 4) is 0 Å². The average Bonchev–Trinajstić information content (AvgIpc) is 2.53. The molecule has 1 aliphatic rings. The van der Waals surface area contributed by atoms with Gasteiger partial charge in [-0.25, -0.2) is 0 Å². The SMILES string of the molecule is CCNC(=NCC1CCCN(C)C1)N(C)Cc1ccc(Cl)cc1. The highest BCUT2D eigenvalue weighted by atomic mass is 35.5. The highest BCUT2D eigenvalue weighted by Gasteiger charge is 2.17. The van der Waals surface area contributed by atoms with Crippen LogP contribution in [0.25, 0.3) is 0 Å². The van der Waals surface area contributed by atoms with Crippen LogP contribution in [0.15, 0.2) is 29.3 Å². The van der Waals surface area contributed by atoms with Gasteiger partial charge in [0, 0.05) is 38.2 Å². The van der Waals surface area contributed by atoms with Crippen LogP contribution < -0.4 is 5.32 Å². The lowest BCUT2D eigenvalue weighted by molar-refractivity contribution is 0.214. The molecule has 23 heavy (non-hydrogen) atoms. The van der Waals surface area contributed by atoms with E-state index in [0.29, 0.717) is 5.92 Å². The molecule has 2 rings (SSSR count). The van der Waals surface area contributed by atoms with Gasteiger partial charge in [-0.3, -0.25) is 4.99 Å². The summed E-state index contributed by atoms with van der Waals surface area (Å²) in [5, 5.41) is 4.18. The Balaban J connectivity index is 1.95. The lowest BCUT2D eigenvalue weighted by Crippen LogP contribution is -2.39. The van der Waals surface area contributed by atoms with Crippen molar-refractivity contribution in [3.05, 3.63) is 34.9 Å². The van der Waals surface area contributed by atoms with E-state index in [0.717, 1.165) is 37.2 Å². The van der Waals surface area contributed by atoms with Crippen molar-refractivity contribution in [1.82, 2.24) is 15.1 Å². The Kier molecular flexibility index (Phi) is 7.18. The Morgan fingerprint density at radius 3 is 2.78 bits per heavy atom. The standard InChI is InChI=1S/C18H29ClN4/c1-4-20-18(21-12-16-6-5-11-22(2)13-16)23(3)14-15-7-9-17(19)10-8-15/h7-10,16H,4-6,11-14H2,1-3H3,(H,20,21). The molecule has 1 aromatic carbocycles. The summed E-state index contributed by atoms with van der Waals surface area (Å²) in [5.74, 6) is 1.65. The molecular formula is C18H29ClN4. The van der Waals surface area contributed by atoms with E-state index < -0.39 is 0 Å². The molecule has 1 heterocycles. The number of hydrogen-bond donors (Lipinski definition) is 1. The summed E-state index contributed by atoms with van der Waals surface area (Å²) in [6.07, 6.45) is 2.57. The van der Waals surface area contributed by atoms with Gasteiger partial charge in [0.2, 0.25) is 0 Å². The Morgan fingerprint density at radius 2 is 2.13 bits per heavy atom. The highest BCUT2D eigenvalue weighted by Crippen LogP contribution is 2.15. The second-order valence-corrected chi connectivity index (χ2v) is 6.88. The van der Waals surface area contributed by atoms with Crippen molar-refractivity contribution in [2.75, 3.05) is 40.3 Å². The maximum atomic E-state index is 5.95. The Bertz CT molecular complexity index is 500. The first-order valence-corrected chi connectivity index (χ1v) is 8.88. The second kappa shape index (κ2) is 9.14. The molecule has 1 saturated heterocycles. The van der Waals surface area contributed by atoms with Crippen LogP contribution in [-0.4, -0.2) is 56.0 Å². The first-order chi connectivity index (χ1) is 11.1. The third-order valence-corrected chi connectivity index (χ3v) is 4.50. The van der Waals surface area contributed by atoms with Gasteiger partial charge in [0.15, 0.2) is 5.96 Å². The number of guanidine groups is 1. The molecule has 0 aromatic heterocycles. The van der Waals surface area contributed by atoms with Crippen LogP contribution in [0.5, 0.6) is 0 Å². The van der Waals surface area contributed by atoms with Gasteiger partial charge in [0.1, 0.15) is 0 Å². The number of nitrogens with zero attached hydrogens (tertiary/aromatic N) is 3. The molecule has 1 fully saturated rings. The van der Waals surface area contributed by atoms with Crippen LogP contribution in [0.3, 0.4) is 0 Å². The Morgan fingerprint density at radius 1 is 1.39 bits per heavy atom. The lowest BCUT2D eigenvalue weighted by Gasteiger charge is -2.29. The molecule has 0 saturated carbocycles. The van der Waals surface area contributed by atoms with Crippen LogP contribution in [0.4, 0.5) is 0 Å². The average molecular weight is 337 g/mol. The molecule has 0 spiro atoms. The van der Waals surface area contributed by atoms with Crippen molar-refractivity contribution in [3.63, 3.8) is 0 Å². The first kappa shape index (κ1) is 18.1. The summed E-state index contributed by atoms with van der Waals surface area (Å²) in [6, 6.07) is 8.01. The Hall–Kier alpha value is -1.26. The zero-order valence-corrected chi connectivity index (χ0v) is 15.3. The smallest absolute Gasteiger partial charge is 0.193 e. The summed E-state index contributed by atoms with van der Waals surface area (Å²) >= 11 is 5.95. The number of rotatable bonds is 5. The van der Waals surface area contributed by atoms with E-state index in [1.54, 1.807) is 0 Å². The van der Waals surface area contributed by atoms with E-state index in [4.69, 9.17) is 16.6 Å². The van der Waals surface area contributed by atoms with E-state index in [2.05, 4.69) is 48.3 Å². The van der Waals surface area contributed by atoms with E-state index in [1.165, 1.54) is 24.9 Å². The van der Waals surface area contributed by atoms with E-state index in [9.17, 15) is 0 Å². The molecule has 0 radical (unpaired) electrons. The van der Waals surface area contributed by atoms with Gasteiger partial charge >= 0.3 is 0 Å². The van der Waals surface area contributed by atoms with E-state index in [-0.39, 0.29) is 0 Å². The fraction of sp³-hybridized carbons (Fsp3) is 0.611. The van der Waals surface area contributed by atoms with Gasteiger partial charge in [-0.1, -0.05) is 23.7 Å². The number of piperidine rings is 1. The second-order valence-electron chi connectivity index (χ2n) is 6.45. The van der Waals surface area contributed by atoms with Crippen LogP contribution in [0.1, 0.15) is 25.3 Å². The maximum Gasteiger partial charge on any atom is 0.193 e. The zero-order valence-electron chi connectivity index (χ0n) is 14.6. The molecule has 4 nitrogen and oxygen atoms in total. The minimum Gasteiger partial charge on any atom is -0.357 e. The van der Waals surface area contributed by atoms with Crippen molar-refractivity contribution in [2.45, 2.75) is 26.3 Å². The van der Waals surface area contributed by atoms with Crippen molar-refractivity contribution in [2.24, 2.45) is 10.9 Å². The summed E-state index contributed by atoms with van der Waals surface area (Å²) in [5.41, 5.74) is 1.24. The third-order valence-electron chi connectivity index (χ3n) is 4.25. The van der Waals surface area contributed by atoms with Crippen LogP contribution in [0.2, 0.25) is 5.02 Å². The number of hydrogen-bond acceptors (Lipinski definition) is 2. The summed E-state index contributed by atoms with van der Waals surface area (Å²) < 4.78 is 0. The maximum absolute atomic E-state index is 5.95. The molecule has 1 aliphatic heterocycles. The number of aliphatic imine (C=N–C) groups is 1. The molecule has 0 aliphatic carbocycles. The van der Waals surface area contributed by atoms with Crippen LogP contribution >= 0.6 is 11.6 Å². The van der Waals surface area contributed by atoms with Gasteiger partial charge in [-0.2, -0.15) is 0 Å². The minimum atomic E-state index is 0.673. The molecular weight excluding hydrogens is 308 g/mol. The molecule has 5 heteroatoms. The summed E-state index contributed by atoms with van der Waals surface area (Å²) in [4.78, 5) is 9.45. The largest absolute Gasteiger partial charge is 0.357 e. The first-order valence-electron chi connectivity index (χ1n) is 8.51. The lowest BCUT2D eigenvalue weighted by atomic mass is 9.99. The van der Waals surface area contributed by atoms with Crippen molar-refractivity contribution in [1.29, 1.82) is 0 Å². The number of nitrogens with one attached hydrogen (secondary N) is 1. The predicted molar refractivity (Wildman–Crippen MR) is 99.1 cm³/mol. The molecule has 0 bridgehead atoms. The quantitative estimate of drug-likeness (QED) is 0.662. The third kappa shape index (κ3) is 6.04. The number of likely N-dealkylation sites (tertiary alicyclic amines) is 1. The monoisotopic (exact) mass is 336 g/mol. The molecule has 1 unspecified atom stereocenters. The van der Waals surface area contributed by atoms with Crippen LogP contribution in [0, 0.1) is 5.92 Å². The van der Waals surface area contributed by atoms with Crippen molar-refractivity contribution >= 4 is 17.6 Å². The fourth-order valence-corrected chi connectivity index (χ4v) is 3.17. The minimum absolute atomic E-state index is 0.673. The number of halogens is 1. The van der Waals surface area contributed by atoms with Gasteiger partial charge in [-0.15, -0.1) is 0 Å². The van der Waals surface area contributed by atoms with E-state index in [1.807, 2.05) is 12.1 Å². The van der Waals surface area contributed by atoms with Crippen molar-refractivity contribution < 1.29 is 0 Å². The molecule has 0 amide bonds. The topological polar surface area (TPSA) is 30.9 Å². The predicted octanol–water partition coefficient (Wildman–Crippen LogP) is 3.08. The summed E-state index contributed by atoms with van der Waals surface area (Å²) in [7, 11) is 4.29. The normalized spacial score (nSPS) is 19.7. The van der Waals surface area contributed by atoms with Gasteiger partial charge in [-0.05, 0) is 57.0 Å². The molecule has 1 atom stereocenters. The number of benzene rings is 1.